The highest BCUT2D eigenvalue weighted by atomic mass is 19.3. The predicted octanol–water partition coefficient (Wildman–Crippen LogP) is 6.53. The van der Waals surface area contributed by atoms with Gasteiger partial charge in [-0.05, 0) is 70.6 Å². The Hall–Kier alpha value is -2.71. The van der Waals surface area contributed by atoms with Crippen molar-refractivity contribution in [3.8, 4) is 0 Å². The lowest BCUT2D eigenvalue weighted by atomic mass is 9.86. The molecule has 0 atom stereocenters. The van der Waals surface area contributed by atoms with E-state index >= 15 is 0 Å². The largest absolute Gasteiger partial charge is 0.444 e. The highest BCUT2D eigenvalue weighted by Crippen LogP contribution is 2.38. The average Bonchev–Trinajstić information content (AvgIpc) is 3.17. The Morgan fingerprint density at radius 1 is 1.08 bits per heavy atom. The smallest absolute Gasteiger partial charge is 0.407 e. The number of carbonyl (C=O) groups is 2. The van der Waals surface area contributed by atoms with Crippen LogP contribution in [0.15, 0.2) is 18.2 Å². The number of halogens is 2. The minimum absolute atomic E-state index is 0. The molecule has 1 saturated heterocycles. The van der Waals surface area contributed by atoms with Crippen LogP contribution in [-0.2, 0) is 16.7 Å². The molecule has 212 valence electrons. The lowest BCUT2D eigenvalue weighted by Gasteiger charge is -2.33. The Morgan fingerprint density at radius 2 is 1.71 bits per heavy atom. The summed E-state index contributed by atoms with van der Waals surface area (Å²) < 4.78 is 34.9. The maximum Gasteiger partial charge on any atom is 0.407 e. The van der Waals surface area contributed by atoms with E-state index < -0.39 is 17.6 Å². The molecule has 2 heterocycles. The van der Waals surface area contributed by atoms with Crippen LogP contribution in [0.3, 0.4) is 0 Å². The molecule has 0 unspecified atom stereocenters. The summed E-state index contributed by atoms with van der Waals surface area (Å²) in [5, 5.41) is 2.91. The number of ether oxygens (including phenoxy) is 1. The molecule has 2 aromatic rings. The number of rotatable bonds is 4. The van der Waals surface area contributed by atoms with E-state index in [9.17, 15) is 18.4 Å². The number of nitrogens with one attached hydrogen (secondary N) is 1. The van der Waals surface area contributed by atoms with Crippen LogP contribution in [0.5, 0.6) is 0 Å². The molecule has 2 fully saturated rings. The fraction of sp³-hybridized carbons (Fsp3) is 0.690. The molecule has 2 amide bonds. The molecule has 1 aliphatic heterocycles. The standard InChI is InChI=1S/C29H42F2N4O3.H2/c1-27(2,3)25-33-22-17-20(7-8-23(22)35(25)18-19-9-13-29(30,31)14-10-19)24(36)34-15-11-21(12-16-34)32-26(37)38-28(4,5)6;/h7-8,17,19,21H,9-16,18H2,1-6H3,(H,32,37);1H. The van der Waals surface area contributed by atoms with Crippen molar-refractivity contribution in [1.29, 1.82) is 0 Å². The van der Waals surface area contributed by atoms with E-state index in [4.69, 9.17) is 9.72 Å². The minimum Gasteiger partial charge on any atom is -0.444 e. The van der Waals surface area contributed by atoms with Crippen LogP contribution in [-0.4, -0.2) is 57.1 Å². The molecule has 1 aliphatic carbocycles. The second-order valence-electron chi connectivity index (χ2n) is 13.0. The molecule has 1 aromatic carbocycles. The molecule has 7 nitrogen and oxygen atoms in total. The van der Waals surface area contributed by atoms with Crippen LogP contribution >= 0.6 is 0 Å². The summed E-state index contributed by atoms with van der Waals surface area (Å²) in [6, 6.07) is 5.61. The van der Waals surface area contributed by atoms with Gasteiger partial charge in [0.25, 0.3) is 5.91 Å². The number of alkyl halides is 2. The highest BCUT2D eigenvalue weighted by molar-refractivity contribution is 5.97. The van der Waals surface area contributed by atoms with Gasteiger partial charge < -0.3 is 19.5 Å². The van der Waals surface area contributed by atoms with E-state index in [1.54, 1.807) is 0 Å². The second-order valence-corrected chi connectivity index (χ2v) is 13.0. The van der Waals surface area contributed by atoms with Crippen LogP contribution in [0, 0.1) is 5.92 Å². The maximum atomic E-state index is 13.7. The van der Waals surface area contributed by atoms with Gasteiger partial charge in [-0.1, -0.05) is 20.8 Å². The zero-order chi connectivity index (χ0) is 27.9. The zero-order valence-electron chi connectivity index (χ0n) is 23.6. The summed E-state index contributed by atoms with van der Waals surface area (Å²) in [4.78, 5) is 32.2. The number of alkyl carbamates (subject to hydrolysis) is 1. The molecule has 1 saturated carbocycles. The van der Waals surface area contributed by atoms with Crippen LogP contribution in [0.4, 0.5) is 13.6 Å². The molecule has 0 bridgehead atoms. The van der Waals surface area contributed by atoms with Gasteiger partial charge in [0.2, 0.25) is 5.92 Å². The maximum absolute atomic E-state index is 13.7. The van der Waals surface area contributed by atoms with Crippen LogP contribution in [0.25, 0.3) is 11.0 Å². The molecule has 4 rings (SSSR count). The Labute approximate surface area is 225 Å². The Kier molecular flexibility index (Phi) is 7.79. The summed E-state index contributed by atoms with van der Waals surface area (Å²) in [5.74, 6) is -1.51. The lowest BCUT2D eigenvalue weighted by Crippen LogP contribution is -2.47. The molecule has 2 aliphatic rings. The SMILES string of the molecule is CC(C)(C)OC(=O)NC1CCN(C(=O)c2ccc3c(c2)nc(C(C)(C)C)n3CC2CCC(F)(F)CC2)CC1.[HH]. The lowest BCUT2D eigenvalue weighted by molar-refractivity contribution is -0.0473. The summed E-state index contributed by atoms with van der Waals surface area (Å²) in [7, 11) is 0. The Balaban J connectivity index is 0.00000420. The van der Waals surface area contributed by atoms with Gasteiger partial charge in [0.15, 0.2) is 0 Å². The summed E-state index contributed by atoms with van der Waals surface area (Å²) in [6.45, 7) is 13.5. The normalized spacial score (nSPS) is 19.5. The van der Waals surface area contributed by atoms with Gasteiger partial charge in [-0.3, -0.25) is 4.79 Å². The first kappa shape index (κ1) is 28.3. The number of amides is 2. The van der Waals surface area contributed by atoms with Gasteiger partial charge in [0, 0.05) is 50.9 Å². The van der Waals surface area contributed by atoms with E-state index in [0.29, 0.717) is 50.9 Å². The van der Waals surface area contributed by atoms with E-state index in [-0.39, 0.29) is 37.6 Å². The molecule has 1 N–H and O–H groups in total. The number of aromatic nitrogens is 2. The third-order valence-electron chi connectivity index (χ3n) is 7.45. The number of imidazole rings is 1. The Morgan fingerprint density at radius 3 is 2.29 bits per heavy atom. The fourth-order valence-electron chi connectivity index (χ4n) is 5.44. The molecular weight excluding hydrogens is 490 g/mol. The van der Waals surface area contributed by atoms with Gasteiger partial charge in [-0.2, -0.15) is 0 Å². The quantitative estimate of drug-likeness (QED) is 0.484. The van der Waals surface area contributed by atoms with Crippen molar-refractivity contribution in [2.24, 2.45) is 5.92 Å². The monoisotopic (exact) mass is 534 g/mol. The molecule has 1 aromatic heterocycles. The van der Waals surface area contributed by atoms with Crippen LogP contribution < -0.4 is 5.32 Å². The van der Waals surface area contributed by atoms with Crippen molar-refractivity contribution in [1.82, 2.24) is 19.8 Å². The number of carbonyl (C=O) groups excluding carboxylic acids is 2. The van der Waals surface area contributed by atoms with Gasteiger partial charge in [0.05, 0.1) is 11.0 Å². The topological polar surface area (TPSA) is 76.5 Å². The predicted molar refractivity (Wildman–Crippen MR) is 146 cm³/mol. The van der Waals surface area contributed by atoms with Crippen molar-refractivity contribution >= 4 is 23.0 Å². The average molecular weight is 535 g/mol. The summed E-state index contributed by atoms with van der Waals surface area (Å²) >= 11 is 0. The molecule has 0 radical (unpaired) electrons. The number of fused-ring (bicyclic) bond motifs is 1. The Bertz CT molecular complexity index is 1170. The highest BCUT2D eigenvalue weighted by Gasteiger charge is 2.36. The molecule has 38 heavy (non-hydrogen) atoms. The number of piperidine rings is 1. The van der Waals surface area contributed by atoms with Crippen LogP contribution in [0.1, 0.15) is 97.7 Å². The summed E-state index contributed by atoms with van der Waals surface area (Å²) in [5.41, 5.74) is 1.49. The number of hydrogen-bond donors (Lipinski definition) is 1. The molecule has 9 heteroatoms. The summed E-state index contributed by atoms with van der Waals surface area (Å²) in [6.07, 6.45) is 1.79. The van der Waals surface area contributed by atoms with E-state index in [1.165, 1.54) is 0 Å². The van der Waals surface area contributed by atoms with Gasteiger partial charge in [0.1, 0.15) is 11.4 Å². The van der Waals surface area contributed by atoms with Crippen molar-refractivity contribution in [3.63, 3.8) is 0 Å². The second kappa shape index (κ2) is 10.5. The number of nitrogens with zero attached hydrogens (tertiary/aromatic N) is 3. The van der Waals surface area contributed by atoms with Crippen molar-refractivity contribution in [2.75, 3.05) is 13.1 Å². The van der Waals surface area contributed by atoms with Crippen molar-refractivity contribution in [3.05, 3.63) is 29.6 Å². The third-order valence-corrected chi connectivity index (χ3v) is 7.45. The van der Waals surface area contributed by atoms with Gasteiger partial charge >= 0.3 is 6.09 Å². The third kappa shape index (κ3) is 6.83. The zero-order valence-corrected chi connectivity index (χ0v) is 23.6. The number of benzene rings is 1. The van der Waals surface area contributed by atoms with E-state index in [0.717, 1.165) is 16.9 Å². The first-order chi connectivity index (χ1) is 17.6. The van der Waals surface area contributed by atoms with Crippen molar-refractivity contribution in [2.45, 2.75) is 110 Å². The first-order valence-corrected chi connectivity index (χ1v) is 13.8. The number of hydrogen-bond acceptors (Lipinski definition) is 4. The van der Waals surface area contributed by atoms with Gasteiger partial charge in [-0.15, -0.1) is 0 Å². The van der Waals surface area contributed by atoms with Gasteiger partial charge in [-0.25, -0.2) is 18.6 Å². The fourth-order valence-corrected chi connectivity index (χ4v) is 5.44. The van der Waals surface area contributed by atoms with Crippen molar-refractivity contribution < 1.29 is 24.5 Å². The molecular formula is C29H44F2N4O3. The first-order valence-electron chi connectivity index (χ1n) is 13.8. The number of likely N-dealkylation sites (tertiary alicyclic amines) is 1. The van der Waals surface area contributed by atoms with E-state index in [1.807, 2.05) is 43.9 Å². The van der Waals surface area contributed by atoms with E-state index in [2.05, 4.69) is 30.7 Å². The molecule has 0 spiro atoms. The van der Waals surface area contributed by atoms with Crippen LogP contribution in [0.2, 0.25) is 0 Å². The minimum atomic E-state index is -2.55.